The standard InChI is InChI=1S/C28H35N5O3/c1-5-35-25-29-16-21(17-30-25)20-7-6-8-22(15-20)33(19-34)18-27-9-12-28(13-10-27,14-11-27)24-31-23(32-36-24)26(2,3)4/h6-8,15-17,19H,5,9-14,18H2,1-4H3. The molecule has 1 aromatic carbocycles. The smallest absolute Gasteiger partial charge is 0.316 e. The fourth-order valence-electron chi connectivity index (χ4n) is 5.65. The number of ether oxygens (including phenoxy) is 1. The van der Waals surface area contributed by atoms with Gasteiger partial charge in [0, 0.05) is 41.0 Å². The molecule has 0 atom stereocenters. The summed E-state index contributed by atoms with van der Waals surface area (Å²) in [5.41, 5.74) is 2.73. The van der Waals surface area contributed by atoms with E-state index in [1.54, 1.807) is 12.4 Å². The molecule has 0 unspecified atom stereocenters. The number of rotatable bonds is 8. The van der Waals surface area contributed by atoms with Gasteiger partial charge in [-0.1, -0.05) is 38.1 Å². The van der Waals surface area contributed by atoms with Crippen molar-refractivity contribution in [1.29, 1.82) is 0 Å². The van der Waals surface area contributed by atoms with Crippen LogP contribution in [0.25, 0.3) is 11.1 Å². The van der Waals surface area contributed by atoms with Gasteiger partial charge in [0.15, 0.2) is 5.82 Å². The van der Waals surface area contributed by atoms with Gasteiger partial charge < -0.3 is 14.2 Å². The van der Waals surface area contributed by atoms with Crippen molar-refractivity contribution in [3.8, 4) is 17.1 Å². The quantitative estimate of drug-likeness (QED) is 0.387. The van der Waals surface area contributed by atoms with E-state index in [9.17, 15) is 4.79 Å². The number of fused-ring (bicyclic) bond motifs is 3. The van der Waals surface area contributed by atoms with Crippen LogP contribution in [0.2, 0.25) is 0 Å². The van der Waals surface area contributed by atoms with E-state index in [0.717, 1.165) is 73.5 Å². The molecule has 2 aromatic heterocycles. The minimum atomic E-state index is -0.123. The summed E-state index contributed by atoms with van der Waals surface area (Å²) in [6.45, 7) is 9.47. The molecule has 190 valence electrons. The summed E-state index contributed by atoms with van der Waals surface area (Å²) in [5, 5.41) is 4.28. The van der Waals surface area contributed by atoms with Crippen LogP contribution in [0.5, 0.6) is 6.01 Å². The number of nitrogens with zero attached hydrogens (tertiary/aromatic N) is 5. The van der Waals surface area contributed by atoms with Crippen LogP contribution in [0.4, 0.5) is 5.69 Å². The van der Waals surface area contributed by atoms with Gasteiger partial charge in [-0.3, -0.25) is 4.79 Å². The first-order valence-corrected chi connectivity index (χ1v) is 12.9. The van der Waals surface area contributed by atoms with Crippen molar-refractivity contribution in [2.75, 3.05) is 18.1 Å². The van der Waals surface area contributed by atoms with Gasteiger partial charge in [-0.25, -0.2) is 9.97 Å². The summed E-state index contributed by atoms with van der Waals surface area (Å²) >= 11 is 0. The predicted octanol–water partition coefficient (Wildman–Crippen LogP) is 5.48. The van der Waals surface area contributed by atoms with Crippen molar-refractivity contribution in [3.63, 3.8) is 0 Å². The highest BCUT2D eigenvalue weighted by molar-refractivity contribution is 5.78. The maximum Gasteiger partial charge on any atom is 0.316 e. The van der Waals surface area contributed by atoms with Crippen molar-refractivity contribution in [2.24, 2.45) is 5.41 Å². The average Bonchev–Trinajstić information content (AvgIpc) is 3.41. The molecule has 3 saturated carbocycles. The van der Waals surface area contributed by atoms with Crippen LogP contribution in [0.1, 0.15) is 77.9 Å². The Labute approximate surface area is 212 Å². The number of anilines is 1. The first-order chi connectivity index (χ1) is 17.3. The third-order valence-electron chi connectivity index (χ3n) is 8.00. The highest BCUT2D eigenvalue weighted by atomic mass is 16.5. The van der Waals surface area contributed by atoms with E-state index in [1.807, 2.05) is 36.1 Å². The topological polar surface area (TPSA) is 94.2 Å². The van der Waals surface area contributed by atoms with E-state index < -0.39 is 0 Å². The molecule has 6 rings (SSSR count). The molecule has 3 fully saturated rings. The van der Waals surface area contributed by atoms with E-state index in [0.29, 0.717) is 19.2 Å². The molecule has 0 N–H and O–H groups in total. The Hall–Kier alpha value is -3.29. The summed E-state index contributed by atoms with van der Waals surface area (Å²) < 4.78 is 11.1. The number of hydrogen-bond donors (Lipinski definition) is 0. The van der Waals surface area contributed by atoms with E-state index in [2.05, 4.69) is 35.9 Å². The monoisotopic (exact) mass is 489 g/mol. The average molecular weight is 490 g/mol. The van der Waals surface area contributed by atoms with Crippen molar-refractivity contribution in [2.45, 2.75) is 77.0 Å². The van der Waals surface area contributed by atoms with E-state index in [1.165, 1.54) is 0 Å². The predicted molar refractivity (Wildman–Crippen MR) is 137 cm³/mol. The third kappa shape index (κ3) is 4.61. The normalized spacial score (nSPS) is 23.4. The first kappa shape index (κ1) is 24.4. The van der Waals surface area contributed by atoms with Crippen molar-refractivity contribution >= 4 is 12.1 Å². The van der Waals surface area contributed by atoms with Gasteiger partial charge in [-0.15, -0.1) is 0 Å². The molecular formula is C28H35N5O3. The molecule has 2 bridgehead atoms. The molecule has 2 heterocycles. The van der Waals surface area contributed by atoms with Crippen molar-refractivity contribution < 1.29 is 14.1 Å². The van der Waals surface area contributed by atoms with Gasteiger partial charge in [0.2, 0.25) is 12.3 Å². The number of amides is 1. The van der Waals surface area contributed by atoms with Crippen LogP contribution in [-0.4, -0.2) is 39.7 Å². The van der Waals surface area contributed by atoms with E-state index in [-0.39, 0.29) is 16.2 Å². The lowest BCUT2D eigenvalue weighted by Gasteiger charge is -2.52. The molecule has 1 amide bonds. The lowest BCUT2D eigenvalue weighted by Crippen LogP contribution is -2.49. The Balaban J connectivity index is 1.30. The van der Waals surface area contributed by atoms with Gasteiger partial charge in [0.05, 0.1) is 6.61 Å². The zero-order valence-corrected chi connectivity index (χ0v) is 21.7. The SMILES string of the molecule is CCOc1ncc(-c2cccc(N(C=O)CC34CCC(c5nc(C(C)(C)C)no5)(CC3)CC4)c2)cn1. The van der Waals surface area contributed by atoms with Gasteiger partial charge in [-0.05, 0) is 68.6 Å². The minimum absolute atomic E-state index is 0.0160. The molecule has 36 heavy (non-hydrogen) atoms. The molecule has 0 spiro atoms. The number of carbonyl (C=O) groups excluding carboxylic acids is 1. The summed E-state index contributed by atoms with van der Waals surface area (Å²) in [7, 11) is 0. The Morgan fingerprint density at radius 3 is 2.33 bits per heavy atom. The molecule has 8 nitrogen and oxygen atoms in total. The summed E-state index contributed by atoms with van der Waals surface area (Å²) in [6, 6.07) is 8.38. The fraction of sp³-hybridized carbons (Fsp3) is 0.536. The zero-order chi connectivity index (χ0) is 25.4. The van der Waals surface area contributed by atoms with Crippen molar-refractivity contribution in [3.05, 3.63) is 48.4 Å². The van der Waals surface area contributed by atoms with Gasteiger partial charge in [0.25, 0.3) is 0 Å². The van der Waals surface area contributed by atoms with Gasteiger partial charge in [-0.2, -0.15) is 4.98 Å². The van der Waals surface area contributed by atoms with Gasteiger partial charge in [0.1, 0.15) is 0 Å². The largest absolute Gasteiger partial charge is 0.464 e. The summed E-state index contributed by atoms with van der Waals surface area (Å²) in [5.74, 6) is 1.58. The maximum atomic E-state index is 12.2. The Kier molecular flexibility index (Phi) is 6.30. The maximum absolute atomic E-state index is 12.2. The molecule has 3 aromatic rings. The lowest BCUT2D eigenvalue weighted by atomic mass is 9.53. The van der Waals surface area contributed by atoms with Crippen LogP contribution in [0.15, 0.2) is 41.2 Å². The molecule has 0 radical (unpaired) electrons. The number of hydrogen-bond acceptors (Lipinski definition) is 7. The second kappa shape index (κ2) is 9.30. The van der Waals surface area contributed by atoms with Crippen molar-refractivity contribution in [1.82, 2.24) is 20.1 Å². The van der Waals surface area contributed by atoms with E-state index >= 15 is 0 Å². The second-order valence-corrected chi connectivity index (χ2v) is 11.4. The van der Waals surface area contributed by atoms with Crippen LogP contribution < -0.4 is 9.64 Å². The summed E-state index contributed by atoms with van der Waals surface area (Å²) in [6.07, 6.45) is 10.7. The molecule has 3 aliphatic carbocycles. The van der Waals surface area contributed by atoms with Crippen LogP contribution in [0, 0.1) is 5.41 Å². The summed E-state index contributed by atoms with van der Waals surface area (Å²) in [4.78, 5) is 27.5. The zero-order valence-electron chi connectivity index (χ0n) is 21.7. The molecule has 0 aliphatic heterocycles. The molecule has 8 heteroatoms. The Morgan fingerprint density at radius 1 is 1.06 bits per heavy atom. The van der Waals surface area contributed by atoms with Crippen LogP contribution >= 0.6 is 0 Å². The fourth-order valence-corrected chi connectivity index (χ4v) is 5.65. The number of carbonyl (C=O) groups is 1. The number of benzene rings is 1. The lowest BCUT2D eigenvalue weighted by molar-refractivity contribution is -0.108. The molecular weight excluding hydrogens is 454 g/mol. The number of aromatic nitrogens is 4. The Morgan fingerprint density at radius 2 is 1.75 bits per heavy atom. The minimum Gasteiger partial charge on any atom is -0.464 e. The molecule has 3 aliphatic rings. The van der Waals surface area contributed by atoms with Crippen LogP contribution in [0.3, 0.4) is 0 Å². The highest BCUT2D eigenvalue weighted by Crippen LogP contribution is 2.57. The highest BCUT2D eigenvalue weighted by Gasteiger charge is 2.52. The van der Waals surface area contributed by atoms with Gasteiger partial charge >= 0.3 is 6.01 Å². The molecule has 0 saturated heterocycles. The van der Waals surface area contributed by atoms with E-state index in [4.69, 9.17) is 14.2 Å². The first-order valence-electron chi connectivity index (χ1n) is 12.9. The Bertz CT molecular complexity index is 1190. The second-order valence-electron chi connectivity index (χ2n) is 11.4. The van der Waals surface area contributed by atoms with Crippen LogP contribution in [-0.2, 0) is 15.6 Å². The third-order valence-corrected chi connectivity index (χ3v) is 8.00.